The quantitative estimate of drug-likeness (QED) is 0.664. The first kappa shape index (κ1) is 10.2. The number of ether oxygens (including phenoxy) is 1. The number of rotatable bonds is 2. The number of hydrogen-bond acceptors (Lipinski definition) is 2. The Bertz CT molecular complexity index is 71.3. The van der Waals surface area contributed by atoms with Crippen LogP contribution < -0.4 is 5.32 Å². The summed E-state index contributed by atoms with van der Waals surface area (Å²) < 4.78 is 5.44. The van der Waals surface area contributed by atoms with E-state index in [1.54, 1.807) is 0 Å². The average molecular weight is 166 g/mol. The van der Waals surface area contributed by atoms with Crippen molar-refractivity contribution in [1.82, 2.24) is 5.32 Å². The first-order valence-electron chi connectivity index (χ1n) is 3.76. The molecule has 0 aliphatic carbocycles. The van der Waals surface area contributed by atoms with Crippen molar-refractivity contribution >= 4 is 12.4 Å². The van der Waals surface area contributed by atoms with E-state index in [1.807, 2.05) is 0 Å². The predicted octanol–water partition coefficient (Wildman–Crippen LogP) is 1.20. The maximum absolute atomic E-state index is 5.44. The highest BCUT2D eigenvalue weighted by molar-refractivity contribution is 5.85. The standard InChI is InChI=1S/C7H15NO.ClH/c1-2-9-7-3-5-8-6-4-7;/h7-8H,2-6H2,1H3;1H. The molecule has 0 radical (unpaired) electrons. The lowest BCUT2D eigenvalue weighted by atomic mass is 10.1. The van der Waals surface area contributed by atoms with E-state index in [1.165, 1.54) is 12.8 Å². The minimum atomic E-state index is 0. The summed E-state index contributed by atoms with van der Waals surface area (Å²) in [6.45, 7) is 5.18. The molecule has 1 aliphatic heterocycles. The molecule has 0 atom stereocenters. The Morgan fingerprint density at radius 3 is 2.50 bits per heavy atom. The molecule has 0 aromatic heterocycles. The van der Waals surface area contributed by atoms with Crippen molar-refractivity contribution in [3.8, 4) is 0 Å². The Kier molecular flexibility index (Phi) is 6.08. The minimum absolute atomic E-state index is 0. The second-order valence-corrected chi connectivity index (χ2v) is 2.40. The second-order valence-electron chi connectivity index (χ2n) is 2.40. The Morgan fingerprint density at radius 1 is 1.40 bits per heavy atom. The maximum atomic E-state index is 5.44. The number of piperidine rings is 1. The van der Waals surface area contributed by atoms with Crippen LogP contribution in [0.15, 0.2) is 0 Å². The van der Waals surface area contributed by atoms with Gasteiger partial charge in [-0.3, -0.25) is 0 Å². The molecule has 3 heteroatoms. The van der Waals surface area contributed by atoms with Crippen LogP contribution in [0.25, 0.3) is 0 Å². The summed E-state index contributed by atoms with van der Waals surface area (Å²) in [6.07, 6.45) is 2.91. The van der Waals surface area contributed by atoms with Gasteiger partial charge in [0.15, 0.2) is 0 Å². The van der Waals surface area contributed by atoms with Crippen LogP contribution in [-0.4, -0.2) is 25.8 Å². The fraction of sp³-hybridized carbons (Fsp3) is 1.00. The third-order valence-corrected chi connectivity index (χ3v) is 1.69. The van der Waals surface area contributed by atoms with Gasteiger partial charge in [-0.25, -0.2) is 0 Å². The van der Waals surface area contributed by atoms with Gasteiger partial charge < -0.3 is 10.1 Å². The first-order chi connectivity index (χ1) is 4.43. The van der Waals surface area contributed by atoms with E-state index in [-0.39, 0.29) is 12.4 Å². The highest BCUT2D eigenvalue weighted by atomic mass is 35.5. The molecule has 0 spiro atoms. The monoisotopic (exact) mass is 165 g/mol. The Labute approximate surface area is 68.7 Å². The van der Waals surface area contributed by atoms with Crippen molar-refractivity contribution < 1.29 is 4.74 Å². The van der Waals surface area contributed by atoms with Crippen molar-refractivity contribution in [3.05, 3.63) is 0 Å². The van der Waals surface area contributed by atoms with Gasteiger partial charge in [0.25, 0.3) is 0 Å². The number of halogens is 1. The second kappa shape index (κ2) is 5.96. The highest BCUT2D eigenvalue weighted by Crippen LogP contribution is 2.05. The van der Waals surface area contributed by atoms with E-state index in [0.717, 1.165) is 19.7 Å². The number of nitrogens with one attached hydrogen (secondary N) is 1. The van der Waals surface area contributed by atoms with Crippen LogP contribution in [0, 0.1) is 0 Å². The molecule has 1 rings (SSSR count). The molecule has 0 saturated carbocycles. The van der Waals surface area contributed by atoms with Crippen LogP contribution in [0.3, 0.4) is 0 Å². The van der Waals surface area contributed by atoms with Gasteiger partial charge in [-0.2, -0.15) is 0 Å². The predicted molar refractivity (Wildman–Crippen MR) is 44.8 cm³/mol. The highest BCUT2D eigenvalue weighted by Gasteiger charge is 2.11. The molecule has 1 N–H and O–H groups in total. The van der Waals surface area contributed by atoms with E-state index in [4.69, 9.17) is 4.74 Å². The van der Waals surface area contributed by atoms with Crippen LogP contribution in [-0.2, 0) is 4.74 Å². The summed E-state index contributed by atoms with van der Waals surface area (Å²) in [7, 11) is 0. The topological polar surface area (TPSA) is 21.3 Å². The van der Waals surface area contributed by atoms with Crippen LogP contribution >= 0.6 is 12.4 Å². The molecule has 0 aromatic carbocycles. The zero-order chi connectivity index (χ0) is 6.53. The van der Waals surface area contributed by atoms with E-state index in [0.29, 0.717) is 6.10 Å². The van der Waals surface area contributed by atoms with E-state index < -0.39 is 0 Å². The van der Waals surface area contributed by atoms with Crippen LogP contribution in [0.5, 0.6) is 0 Å². The van der Waals surface area contributed by atoms with E-state index in [2.05, 4.69) is 12.2 Å². The molecule has 10 heavy (non-hydrogen) atoms. The van der Waals surface area contributed by atoms with Crippen LogP contribution in [0.4, 0.5) is 0 Å². The zero-order valence-corrected chi connectivity index (χ0v) is 7.25. The summed E-state index contributed by atoms with van der Waals surface area (Å²) in [4.78, 5) is 0. The van der Waals surface area contributed by atoms with Crippen molar-refractivity contribution in [2.75, 3.05) is 19.7 Å². The molecule has 0 aromatic rings. The lowest BCUT2D eigenvalue weighted by molar-refractivity contribution is 0.0416. The smallest absolute Gasteiger partial charge is 0.0599 e. The first-order valence-corrected chi connectivity index (χ1v) is 3.76. The van der Waals surface area contributed by atoms with E-state index >= 15 is 0 Å². The van der Waals surface area contributed by atoms with Crippen molar-refractivity contribution in [1.29, 1.82) is 0 Å². The van der Waals surface area contributed by atoms with Crippen LogP contribution in [0.1, 0.15) is 19.8 Å². The van der Waals surface area contributed by atoms with Gasteiger partial charge in [-0.1, -0.05) is 0 Å². The average Bonchev–Trinajstić information content (AvgIpc) is 1.91. The molecule has 1 fully saturated rings. The largest absolute Gasteiger partial charge is 0.378 e. The molecule has 1 aliphatic rings. The fourth-order valence-electron chi connectivity index (χ4n) is 1.20. The normalized spacial score (nSPS) is 20.1. The van der Waals surface area contributed by atoms with Gasteiger partial charge in [0, 0.05) is 6.61 Å². The van der Waals surface area contributed by atoms with Crippen LogP contribution in [0.2, 0.25) is 0 Å². The maximum Gasteiger partial charge on any atom is 0.0599 e. The summed E-state index contributed by atoms with van der Waals surface area (Å²) >= 11 is 0. The molecular weight excluding hydrogens is 150 g/mol. The van der Waals surface area contributed by atoms with Crippen molar-refractivity contribution in [2.45, 2.75) is 25.9 Å². The molecular formula is C7H16ClNO. The lowest BCUT2D eigenvalue weighted by Crippen LogP contribution is -2.32. The summed E-state index contributed by atoms with van der Waals surface area (Å²) in [6, 6.07) is 0. The Morgan fingerprint density at radius 2 is 2.00 bits per heavy atom. The fourth-order valence-corrected chi connectivity index (χ4v) is 1.20. The molecule has 1 saturated heterocycles. The van der Waals surface area contributed by atoms with Gasteiger partial charge in [0.2, 0.25) is 0 Å². The summed E-state index contributed by atoms with van der Waals surface area (Å²) in [5.41, 5.74) is 0. The summed E-state index contributed by atoms with van der Waals surface area (Å²) in [5.74, 6) is 0. The Hall–Kier alpha value is 0.210. The number of hydrogen-bond donors (Lipinski definition) is 1. The van der Waals surface area contributed by atoms with E-state index in [9.17, 15) is 0 Å². The SMILES string of the molecule is CCOC1CCNCC1.Cl. The third kappa shape index (κ3) is 3.40. The van der Waals surface area contributed by atoms with Gasteiger partial charge in [-0.15, -0.1) is 12.4 Å². The molecule has 0 amide bonds. The van der Waals surface area contributed by atoms with Gasteiger partial charge in [-0.05, 0) is 32.9 Å². The molecule has 0 bridgehead atoms. The summed E-state index contributed by atoms with van der Waals surface area (Å²) in [5, 5.41) is 3.29. The lowest BCUT2D eigenvalue weighted by Gasteiger charge is -2.21. The van der Waals surface area contributed by atoms with Gasteiger partial charge in [0.1, 0.15) is 0 Å². The van der Waals surface area contributed by atoms with Gasteiger partial charge in [0.05, 0.1) is 6.10 Å². The molecule has 0 unspecified atom stereocenters. The third-order valence-electron chi connectivity index (χ3n) is 1.69. The van der Waals surface area contributed by atoms with Crippen molar-refractivity contribution in [3.63, 3.8) is 0 Å². The van der Waals surface area contributed by atoms with Gasteiger partial charge >= 0.3 is 0 Å². The zero-order valence-electron chi connectivity index (χ0n) is 6.43. The molecule has 2 nitrogen and oxygen atoms in total. The molecule has 1 heterocycles. The minimum Gasteiger partial charge on any atom is -0.378 e. The molecule has 62 valence electrons. The Balaban J connectivity index is 0.000000810. The van der Waals surface area contributed by atoms with Crippen molar-refractivity contribution in [2.24, 2.45) is 0 Å².